The van der Waals surface area contributed by atoms with Crippen LogP contribution in [0, 0.1) is 12.7 Å². The van der Waals surface area contributed by atoms with Gasteiger partial charge in [0.25, 0.3) is 5.91 Å². The van der Waals surface area contributed by atoms with E-state index in [0.717, 1.165) is 5.56 Å². The number of aromatic nitrogens is 3. The van der Waals surface area contributed by atoms with Crippen molar-refractivity contribution in [1.29, 1.82) is 0 Å². The second kappa shape index (κ2) is 10.2. The molecule has 1 amide bonds. The number of furan rings is 1. The summed E-state index contributed by atoms with van der Waals surface area (Å²) in [5.74, 6) is -0.278. The molecular formula is C25H23FN4O5. The monoisotopic (exact) mass is 478 g/mol. The summed E-state index contributed by atoms with van der Waals surface area (Å²) in [7, 11) is 0. The van der Waals surface area contributed by atoms with E-state index >= 15 is 0 Å². The van der Waals surface area contributed by atoms with Gasteiger partial charge in [0.15, 0.2) is 17.1 Å². The van der Waals surface area contributed by atoms with Gasteiger partial charge < -0.3 is 19.6 Å². The summed E-state index contributed by atoms with van der Waals surface area (Å²) < 4.78 is 25.8. The van der Waals surface area contributed by atoms with Crippen LogP contribution >= 0.6 is 0 Å². The van der Waals surface area contributed by atoms with Crippen molar-refractivity contribution in [3.05, 3.63) is 89.1 Å². The standard InChI is InChI=1S/C25H23FN4O5/c1-15-3-12-21(35-15)22-23(24(31)27-16(2)17-4-6-18(7-5-17)25(32)33)30(29-28-22)13-14-34-20-10-8-19(26)9-11-20/h3-12,16H,13-14H2,1-2H3,(H,27,31)(H,32,33)/t16-/m0/s1. The van der Waals surface area contributed by atoms with E-state index in [-0.39, 0.29) is 35.9 Å². The molecule has 0 saturated carbocycles. The lowest BCUT2D eigenvalue weighted by Crippen LogP contribution is -2.30. The topological polar surface area (TPSA) is 119 Å². The number of ether oxygens (including phenoxy) is 1. The van der Waals surface area contributed by atoms with Gasteiger partial charge in [0, 0.05) is 0 Å². The van der Waals surface area contributed by atoms with Crippen molar-refractivity contribution < 1.29 is 28.2 Å². The third-order valence-electron chi connectivity index (χ3n) is 5.31. The zero-order chi connectivity index (χ0) is 24.9. The van der Waals surface area contributed by atoms with Gasteiger partial charge in [0.05, 0.1) is 18.2 Å². The number of aryl methyl sites for hydroxylation is 1. The maximum atomic E-state index is 13.3. The highest BCUT2D eigenvalue weighted by Crippen LogP contribution is 2.25. The van der Waals surface area contributed by atoms with E-state index in [9.17, 15) is 14.0 Å². The van der Waals surface area contributed by atoms with Crippen LogP contribution in [-0.4, -0.2) is 38.6 Å². The lowest BCUT2D eigenvalue weighted by atomic mass is 10.1. The van der Waals surface area contributed by atoms with Gasteiger partial charge in [-0.15, -0.1) is 5.10 Å². The van der Waals surface area contributed by atoms with Crippen molar-refractivity contribution in [2.75, 3.05) is 6.61 Å². The van der Waals surface area contributed by atoms with E-state index in [1.165, 1.54) is 41.1 Å². The van der Waals surface area contributed by atoms with Crippen LogP contribution in [0.25, 0.3) is 11.5 Å². The van der Waals surface area contributed by atoms with Gasteiger partial charge in [-0.05, 0) is 67.9 Å². The number of benzene rings is 2. The summed E-state index contributed by atoms with van der Waals surface area (Å²) >= 11 is 0. The van der Waals surface area contributed by atoms with Gasteiger partial charge in [0.1, 0.15) is 23.9 Å². The van der Waals surface area contributed by atoms with Gasteiger partial charge in [-0.25, -0.2) is 13.9 Å². The minimum absolute atomic E-state index is 0.159. The van der Waals surface area contributed by atoms with Crippen LogP contribution in [0.3, 0.4) is 0 Å². The fraction of sp³-hybridized carbons (Fsp3) is 0.200. The van der Waals surface area contributed by atoms with Crippen LogP contribution in [0.2, 0.25) is 0 Å². The third-order valence-corrected chi connectivity index (χ3v) is 5.31. The van der Waals surface area contributed by atoms with Gasteiger partial charge in [-0.1, -0.05) is 17.3 Å². The number of halogens is 1. The number of nitrogens with one attached hydrogen (secondary N) is 1. The van der Waals surface area contributed by atoms with E-state index < -0.39 is 17.9 Å². The number of carboxylic acid groups (broad SMARTS) is 1. The molecule has 35 heavy (non-hydrogen) atoms. The van der Waals surface area contributed by atoms with Gasteiger partial charge in [-0.2, -0.15) is 0 Å². The maximum absolute atomic E-state index is 13.3. The summed E-state index contributed by atoms with van der Waals surface area (Å²) in [6.07, 6.45) is 0. The Bertz CT molecular complexity index is 1330. The summed E-state index contributed by atoms with van der Waals surface area (Å²) in [5.41, 5.74) is 1.37. The minimum Gasteiger partial charge on any atom is -0.492 e. The largest absolute Gasteiger partial charge is 0.492 e. The molecule has 4 aromatic rings. The van der Waals surface area contributed by atoms with Crippen molar-refractivity contribution in [2.24, 2.45) is 0 Å². The van der Waals surface area contributed by atoms with E-state index in [0.29, 0.717) is 17.3 Å². The summed E-state index contributed by atoms with van der Waals surface area (Å²) in [6, 6.07) is 14.9. The number of nitrogens with zero attached hydrogens (tertiary/aromatic N) is 3. The van der Waals surface area contributed by atoms with Crippen molar-refractivity contribution in [2.45, 2.75) is 26.4 Å². The first-order chi connectivity index (χ1) is 16.8. The average Bonchev–Trinajstić information content (AvgIpc) is 3.46. The van der Waals surface area contributed by atoms with Crippen molar-refractivity contribution in [1.82, 2.24) is 20.3 Å². The van der Waals surface area contributed by atoms with E-state index in [4.69, 9.17) is 14.3 Å². The number of hydrogen-bond acceptors (Lipinski definition) is 6. The van der Waals surface area contributed by atoms with Crippen LogP contribution in [0.5, 0.6) is 5.75 Å². The SMILES string of the molecule is Cc1ccc(-c2nnn(CCOc3ccc(F)cc3)c2C(=O)N[C@@H](C)c2ccc(C(=O)O)cc2)o1. The summed E-state index contributed by atoms with van der Waals surface area (Å²) in [4.78, 5) is 24.4. The molecule has 4 rings (SSSR count). The van der Waals surface area contributed by atoms with E-state index in [1.807, 2.05) is 0 Å². The molecule has 2 aromatic carbocycles. The first-order valence-electron chi connectivity index (χ1n) is 10.8. The van der Waals surface area contributed by atoms with Crippen molar-refractivity contribution in [3.8, 4) is 17.2 Å². The first-order valence-corrected chi connectivity index (χ1v) is 10.8. The fourth-order valence-electron chi connectivity index (χ4n) is 3.47. The molecule has 0 spiro atoms. The molecule has 2 heterocycles. The minimum atomic E-state index is -1.02. The number of carbonyl (C=O) groups excluding carboxylic acids is 1. The predicted octanol–water partition coefficient (Wildman–Crippen LogP) is 4.25. The number of amides is 1. The summed E-state index contributed by atoms with van der Waals surface area (Å²) in [6.45, 7) is 3.94. The summed E-state index contributed by atoms with van der Waals surface area (Å²) in [5, 5.41) is 20.3. The molecule has 180 valence electrons. The first kappa shape index (κ1) is 23.7. The number of rotatable bonds is 9. The van der Waals surface area contributed by atoms with Crippen LogP contribution in [-0.2, 0) is 6.54 Å². The number of carbonyl (C=O) groups is 2. The zero-order valence-corrected chi connectivity index (χ0v) is 19.1. The third kappa shape index (κ3) is 5.55. The molecule has 0 saturated heterocycles. The molecule has 0 unspecified atom stereocenters. The molecule has 0 aliphatic rings. The molecule has 9 nitrogen and oxygen atoms in total. The maximum Gasteiger partial charge on any atom is 0.335 e. The molecule has 2 aromatic heterocycles. The van der Waals surface area contributed by atoms with Crippen molar-refractivity contribution in [3.63, 3.8) is 0 Å². The zero-order valence-electron chi connectivity index (χ0n) is 19.1. The smallest absolute Gasteiger partial charge is 0.335 e. The quantitative estimate of drug-likeness (QED) is 0.369. The Hall–Kier alpha value is -4.47. The molecule has 0 aliphatic carbocycles. The Morgan fingerprint density at radius 2 is 1.83 bits per heavy atom. The van der Waals surface area contributed by atoms with Crippen LogP contribution in [0.15, 0.2) is 65.1 Å². The molecule has 10 heteroatoms. The average molecular weight is 478 g/mol. The van der Waals surface area contributed by atoms with Gasteiger partial charge in [0.2, 0.25) is 0 Å². The molecular weight excluding hydrogens is 455 g/mol. The molecule has 2 N–H and O–H groups in total. The van der Waals surface area contributed by atoms with Gasteiger partial charge in [-0.3, -0.25) is 4.79 Å². The Labute approximate surface area is 200 Å². The Balaban J connectivity index is 1.54. The predicted molar refractivity (Wildman–Crippen MR) is 124 cm³/mol. The van der Waals surface area contributed by atoms with E-state index in [1.54, 1.807) is 38.1 Å². The van der Waals surface area contributed by atoms with Crippen molar-refractivity contribution >= 4 is 11.9 Å². The second-order valence-corrected chi connectivity index (χ2v) is 7.84. The Morgan fingerprint density at radius 3 is 2.46 bits per heavy atom. The molecule has 0 bridgehead atoms. The number of hydrogen-bond donors (Lipinski definition) is 2. The Kier molecular flexibility index (Phi) is 6.91. The Morgan fingerprint density at radius 1 is 1.11 bits per heavy atom. The highest BCUT2D eigenvalue weighted by atomic mass is 19.1. The molecule has 0 fully saturated rings. The number of aromatic carboxylic acids is 1. The fourth-order valence-corrected chi connectivity index (χ4v) is 3.47. The number of carboxylic acids is 1. The highest BCUT2D eigenvalue weighted by molar-refractivity contribution is 5.98. The molecule has 0 aliphatic heterocycles. The molecule has 1 atom stereocenters. The second-order valence-electron chi connectivity index (χ2n) is 7.84. The van der Waals surface area contributed by atoms with Gasteiger partial charge >= 0.3 is 5.97 Å². The van der Waals surface area contributed by atoms with Crippen LogP contribution in [0.4, 0.5) is 4.39 Å². The van der Waals surface area contributed by atoms with Crippen LogP contribution < -0.4 is 10.1 Å². The van der Waals surface area contributed by atoms with Crippen LogP contribution in [0.1, 0.15) is 45.1 Å². The van der Waals surface area contributed by atoms with E-state index in [2.05, 4.69) is 15.6 Å². The lowest BCUT2D eigenvalue weighted by Gasteiger charge is -2.16. The molecule has 0 radical (unpaired) electrons. The normalized spacial score (nSPS) is 11.7. The lowest BCUT2D eigenvalue weighted by molar-refractivity contribution is 0.0696. The highest BCUT2D eigenvalue weighted by Gasteiger charge is 2.25.